The van der Waals surface area contributed by atoms with E-state index in [1.165, 1.54) is 0 Å². The van der Waals surface area contributed by atoms with E-state index in [1.807, 2.05) is 6.92 Å². The summed E-state index contributed by atoms with van der Waals surface area (Å²) in [6.45, 7) is 3.72. The summed E-state index contributed by atoms with van der Waals surface area (Å²) in [6.07, 6.45) is 0.662. The molecule has 0 atom stereocenters. The third kappa shape index (κ3) is 3.00. The van der Waals surface area contributed by atoms with Crippen LogP contribution in [-0.4, -0.2) is 9.97 Å². The van der Waals surface area contributed by atoms with Crippen molar-refractivity contribution >= 4 is 0 Å². The van der Waals surface area contributed by atoms with Crippen LogP contribution < -0.4 is 4.74 Å². The Morgan fingerprint density at radius 1 is 1.06 bits per heavy atom. The average Bonchev–Trinajstić information content (AvgIpc) is 2.26. The van der Waals surface area contributed by atoms with Crippen LogP contribution in [0.1, 0.15) is 18.4 Å². The average molecular weight is 250 g/mol. The topological polar surface area (TPSA) is 35.0 Å². The molecule has 0 aliphatic carbocycles. The maximum Gasteiger partial charge on any atom is 0.222 e. The number of nitrogens with zero attached hydrogens (tertiary/aromatic N) is 2. The Labute approximate surface area is 103 Å². The lowest BCUT2D eigenvalue weighted by Crippen LogP contribution is -1.98. The van der Waals surface area contributed by atoms with Crippen LogP contribution in [0.25, 0.3) is 0 Å². The lowest BCUT2D eigenvalue weighted by Gasteiger charge is -2.07. The number of aromatic nitrogens is 2. The van der Waals surface area contributed by atoms with E-state index >= 15 is 0 Å². The van der Waals surface area contributed by atoms with Crippen molar-refractivity contribution in [2.24, 2.45) is 0 Å². The Balaban J connectivity index is 2.30. The Hall–Kier alpha value is -2.04. The van der Waals surface area contributed by atoms with Gasteiger partial charge in [0, 0.05) is 36.4 Å². The summed E-state index contributed by atoms with van der Waals surface area (Å²) in [5, 5.41) is 0. The van der Waals surface area contributed by atoms with Crippen molar-refractivity contribution in [1.82, 2.24) is 9.97 Å². The van der Waals surface area contributed by atoms with Crippen molar-refractivity contribution < 1.29 is 13.5 Å². The standard InChI is InChI=1S/C13H12F2N2O/c1-3-12-16-8(2)4-13(17-12)18-11-6-9(14)5-10(15)7-11/h4-7H,3H2,1-2H3. The fourth-order valence-electron chi connectivity index (χ4n) is 1.52. The van der Waals surface area contributed by atoms with E-state index in [-0.39, 0.29) is 11.6 Å². The van der Waals surface area contributed by atoms with Crippen LogP contribution in [0.2, 0.25) is 0 Å². The molecule has 5 heteroatoms. The minimum Gasteiger partial charge on any atom is -0.439 e. The van der Waals surface area contributed by atoms with E-state index in [0.29, 0.717) is 12.2 Å². The number of halogens is 2. The first kappa shape index (κ1) is 12.4. The summed E-state index contributed by atoms with van der Waals surface area (Å²) in [6, 6.07) is 4.61. The molecule has 0 fully saturated rings. The molecule has 0 aliphatic rings. The first-order chi connectivity index (χ1) is 8.56. The molecule has 0 aliphatic heterocycles. The third-order valence-electron chi connectivity index (χ3n) is 2.25. The molecule has 0 unspecified atom stereocenters. The summed E-state index contributed by atoms with van der Waals surface area (Å²) in [5.41, 5.74) is 0.744. The molecule has 0 saturated carbocycles. The zero-order chi connectivity index (χ0) is 13.1. The highest BCUT2D eigenvalue weighted by atomic mass is 19.1. The Morgan fingerprint density at radius 3 is 2.33 bits per heavy atom. The zero-order valence-corrected chi connectivity index (χ0v) is 10.1. The maximum absolute atomic E-state index is 13.0. The van der Waals surface area contributed by atoms with E-state index < -0.39 is 11.6 Å². The fourth-order valence-corrected chi connectivity index (χ4v) is 1.52. The highest BCUT2D eigenvalue weighted by molar-refractivity contribution is 5.29. The van der Waals surface area contributed by atoms with Gasteiger partial charge in [-0.15, -0.1) is 0 Å². The molecule has 3 nitrogen and oxygen atoms in total. The van der Waals surface area contributed by atoms with Gasteiger partial charge < -0.3 is 4.74 Å². The number of ether oxygens (including phenoxy) is 1. The van der Waals surface area contributed by atoms with E-state index in [1.54, 1.807) is 13.0 Å². The van der Waals surface area contributed by atoms with Crippen molar-refractivity contribution in [3.8, 4) is 11.6 Å². The molecule has 0 N–H and O–H groups in total. The van der Waals surface area contributed by atoms with Gasteiger partial charge in [0.25, 0.3) is 0 Å². The van der Waals surface area contributed by atoms with Gasteiger partial charge in [-0.05, 0) is 6.92 Å². The second-order valence-corrected chi connectivity index (χ2v) is 3.82. The molecule has 2 aromatic rings. The lowest BCUT2D eigenvalue weighted by molar-refractivity contribution is 0.447. The van der Waals surface area contributed by atoms with Gasteiger partial charge in [-0.2, -0.15) is 4.98 Å². The molecule has 18 heavy (non-hydrogen) atoms. The smallest absolute Gasteiger partial charge is 0.222 e. The maximum atomic E-state index is 13.0. The predicted molar refractivity (Wildman–Crippen MR) is 62.6 cm³/mol. The van der Waals surface area contributed by atoms with Gasteiger partial charge in [0.1, 0.15) is 23.2 Å². The molecule has 2 rings (SSSR count). The van der Waals surface area contributed by atoms with E-state index in [9.17, 15) is 8.78 Å². The normalized spacial score (nSPS) is 10.4. The molecule has 0 bridgehead atoms. The van der Waals surface area contributed by atoms with Gasteiger partial charge in [0.2, 0.25) is 5.88 Å². The summed E-state index contributed by atoms with van der Waals surface area (Å²) in [5.74, 6) is -0.392. The molecular weight excluding hydrogens is 238 g/mol. The van der Waals surface area contributed by atoms with E-state index in [2.05, 4.69) is 9.97 Å². The fraction of sp³-hybridized carbons (Fsp3) is 0.231. The molecule has 0 saturated heterocycles. The minimum atomic E-state index is -0.688. The molecular formula is C13H12F2N2O. The van der Waals surface area contributed by atoms with Gasteiger partial charge in [-0.3, -0.25) is 0 Å². The van der Waals surface area contributed by atoms with Gasteiger partial charge in [0.05, 0.1) is 0 Å². The van der Waals surface area contributed by atoms with Crippen LogP contribution in [0, 0.1) is 18.6 Å². The van der Waals surface area contributed by atoms with Crippen LogP contribution in [-0.2, 0) is 6.42 Å². The van der Waals surface area contributed by atoms with Crippen molar-refractivity contribution in [2.75, 3.05) is 0 Å². The van der Waals surface area contributed by atoms with E-state index in [4.69, 9.17) is 4.74 Å². The second kappa shape index (κ2) is 5.08. The SMILES string of the molecule is CCc1nc(C)cc(Oc2cc(F)cc(F)c2)n1. The van der Waals surface area contributed by atoms with Gasteiger partial charge >= 0.3 is 0 Å². The Kier molecular flexibility index (Phi) is 3.50. The molecule has 0 spiro atoms. The molecule has 0 radical (unpaired) electrons. The largest absolute Gasteiger partial charge is 0.439 e. The van der Waals surface area contributed by atoms with Crippen molar-refractivity contribution in [3.05, 3.63) is 47.4 Å². The molecule has 0 amide bonds. The molecule has 94 valence electrons. The summed E-state index contributed by atoms with van der Waals surface area (Å²) < 4.78 is 31.3. The molecule has 1 heterocycles. The zero-order valence-electron chi connectivity index (χ0n) is 10.1. The molecule has 1 aromatic carbocycles. The monoisotopic (exact) mass is 250 g/mol. The quantitative estimate of drug-likeness (QED) is 0.837. The molecule has 1 aromatic heterocycles. The summed E-state index contributed by atoms with van der Waals surface area (Å²) >= 11 is 0. The number of hydrogen-bond acceptors (Lipinski definition) is 3. The van der Waals surface area contributed by atoms with E-state index in [0.717, 1.165) is 23.9 Å². The van der Waals surface area contributed by atoms with Gasteiger partial charge in [-0.25, -0.2) is 13.8 Å². The minimum absolute atomic E-state index is 0.0765. The van der Waals surface area contributed by atoms with Gasteiger partial charge in [0.15, 0.2) is 0 Å². The van der Waals surface area contributed by atoms with Crippen LogP contribution in [0.4, 0.5) is 8.78 Å². The Bertz CT molecular complexity index is 553. The lowest BCUT2D eigenvalue weighted by atomic mass is 10.3. The van der Waals surface area contributed by atoms with Gasteiger partial charge in [-0.1, -0.05) is 6.92 Å². The van der Waals surface area contributed by atoms with Crippen LogP contribution >= 0.6 is 0 Å². The highest BCUT2D eigenvalue weighted by Crippen LogP contribution is 2.22. The number of rotatable bonds is 3. The number of benzene rings is 1. The van der Waals surface area contributed by atoms with Crippen molar-refractivity contribution in [1.29, 1.82) is 0 Å². The van der Waals surface area contributed by atoms with Crippen LogP contribution in [0.5, 0.6) is 11.6 Å². The Morgan fingerprint density at radius 2 is 1.72 bits per heavy atom. The first-order valence-corrected chi connectivity index (χ1v) is 5.55. The van der Waals surface area contributed by atoms with Crippen molar-refractivity contribution in [2.45, 2.75) is 20.3 Å². The third-order valence-corrected chi connectivity index (χ3v) is 2.25. The second-order valence-electron chi connectivity index (χ2n) is 3.82. The van der Waals surface area contributed by atoms with Crippen molar-refractivity contribution in [3.63, 3.8) is 0 Å². The van der Waals surface area contributed by atoms with Crippen LogP contribution in [0.3, 0.4) is 0 Å². The predicted octanol–water partition coefficient (Wildman–Crippen LogP) is 3.42. The summed E-state index contributed by atoms with van der Waals surface area (Å²) in [7, 11) is 0. The number of aryl methyl sites for hydroxylation is 2. The number of hydrogen-bond donors (Lipinski definition) is 0. The summed E-state index contributed by atoms with van der Waals surface area (Å²) in [4.78, 5) is 8.32. The van der Waals surface area contributed by atoms with Crippen LogP contribution in [0.15, 0.2) is 24.3 Å². The first-order valence-electron chi connectivity index (χ1n) is 5.55. The highest BCUT2D eigenvalue weighted by Gasteiger charge is 2.06.